The van der Waals surface area contributed by atoms with Crippen LogP contribution >= 0.6 is 0 Å². The summed E-state index contributed by atoms with van der Waals surface area (Å²) in [5.74, 6) is 7.86. The molecule has 646 valence electrons. The van der Waals surface area contributed by atoms with Crippen LogP contribution in [0.2, 0.25) is 0 Å². The number of morpholine rings is 3. The van der Waals surface area contributed by atoms with Crippen molar-refractivity contribution in [3.63, 3.8) is 0 Å². The third kappa shape index (κ3) is 22.8. The molecule has 33 nitrogen and oxygen atoms in total. The number of hydrogen-bond acceptors (Lipinski definition) is 30. The number of carbonyl (C=O) groups excluding carboxylic acids is 1. The number of nitrogens with one attached hydrogen (secondary N) is 3. The van der Waals surface area contributed by atoms with E-state index in [0.717, 1.165) is 174 Å². The number of ketones is 1. The van der Waals surface area contributed by atoms with E-state index in [1.54, 1.807) is 50.9 Å². The summed E-state index contributed by atoms with van der Waals surface area (Å²) in [6.07, 6.45) is 16.3. The first-order chi connectivity index (χ1) is 60.3. The maximum absolute atomic E-state index is 11.8. The standard InChI is InChI=1S/C33H39N7O3.C30H36N8O3.C28H34N10O2/c1-5-40-29(22-38(4)21-26-13-11-25(12-14-26)10-9-23(2)37-42)34-30-32(39-15-17-43-18-16-39)35-31(36-33(30)40)28-8-6-7-27(20-28)19-24(3)41;1-5-38-25(20-36(3)19-23-10-8-22(9-11-23)7-6-21(2)35-39)32-27-29(37-14-16-41-17-15-37)33-28(34-30(27)38)24-12-13-26(40-4)31-18-24;1-4-38-23(18-36(3)17-21-9-7-20(8-10-21)6-5-19(2)35-39)32-24-26(37-11-13-40-14-12-37)33-25(34-27(24)38)22-15-30-28(29)31-16-22/h6-14,20,37,42H,2,5,15-19,21-22H2,1,3-4H3;6-13,18,35,39H,2,5,14-17,19-20H2,1,3-4H3;5-10,15-16,35,39H,2,4,11-14,17-18H2,1,3H3,(H2,29,30,31)/b10-9+;7-6+;6-5+. The lowest BCUT2D eigenvalue weighted by molar-refractivity contribution is -0.116. The Morgan fingerprint density at radius 3 is 1.12 bits per heavy atom. The monoisotopic (exact) mass is 1680 g/mol. The molecule has 4 aromatic carbocycles. The highest BCUT2D eigenvalue weighted by Gasteiger charge is 2.29. The van der Waals surface area contributed by atoms with Crippen molar-refractivity contribution in [2.75, 3.05) is 128 Å². The van der Waals surface area contributed by atoms with Crippen LogP contribution in [0.1, 0.15) is 84.1 Å². The van der Waals surface area contributed by atoms with Crippen LogP contribution in [0, 0.1) is 0 Å². The van der Waals surface area contributed by atoms with Crippen molar-refractivity contribution in [2.45, 2.75) is 93.0 Å². The molecular formula is C91H109N25O8. The van der Waals surface area contributed by atoms with E-state index in [1.807, 2.05) is 107 Å². The number of pyridine rings is 1. The van der Waals surface area contributed by atoms with Crippen molar-refractivity contribution in [3.05, 3.63) is 239 Å². The van der Waals surface area contributed by atoms with Gasteiger partial charge in [0.05, 0.1) is 89.0 Å². The van der Waals surface area contributed by atoms with Gasteiger partial charge in [0, 0.05) is 121 Å². The topological polar surface area (TPSA) is 366 Å². The predicted molar refractivity (Wildman–Crippen MR) is 481 cm³/mol. The highest BCUT2D eigenvalue weighted by Crippen LogP contribution is 2.34. The second kappa shape index (κ2) is 42.6. The largest absolute Gasteiger partial charge is 0.481 e. The Morgan fingerprint density at radius 1 is 0.452 bits per heavy atom. The predicted octanol–water partition coefficient (Wildman–Crippen LogP) is 11.4. The SMILES string of the molecule is C=C(/C=C/c1ccc(CN(C)Cc2nc3c(N4CCOCC4)nc(-c4ccc(OC)nc4)nc3n2CC)cc1)NO.C=C(/C=C/c1ccc(CN(C)Cc2nc3c(N4CCOCC4)nc(-c4cccc(CC(C)=O)c4)nc3n2CC)cc1)NO.C=C(/C=C/c1ccc(CN(C)Cc2nc3c(N4CCOCC4)nc(-c4cnc(N)nc4)nc3n2CC)cc1)NO. The Labute approximate surface area is 721 Å². The number of imidazole rings is 3. The number of aryl methyl sites for hydroxylation is 3. The molecule has 33 heteroatoms. The molecule has 0 saturated carbocycles. The number of methoxy groups -OCH3 is 1. The number of ether oxygens (including phenoxy) is 4. The number of nitrogens with two attached hydrogens (primary N) is 1. The first kappa shape index (κ1) is 88.7. The van der Waals surface area contributed by atoms with Gasteiger partial charge in [0.1, 0.15) is 23.3 Å². The molecule has 0 atom stereocenters. The second-order valence-electron chi connectivity index (χ2n) is 30.4. The number of aromatic nitrogens is 15. The van der Waals surface area contributed by atoms with E-state index >= 15 is 0 Å². The minimum Gasteiger partial charge on any atom is -0.481 e. The Balaban J connectivity index is 0.000000160. The van der Waals surface area contributed by atoms with Gasteiger partial charge in [-0.15, -0.1) is 0 Å². The number of Topliss-reactive ketones (excluding diaryl/α,β-unsaturated/α-hetero) is 1. The van der Waals surface area contributed by atoms with Gasteiger partial charge in [0.2, 0.25) is 11.8 Å². The molecule has 0 spiro atoms. The van der Waals surface area contributed by atoms with E-state index in [1.165, 1.54) is 16.7 Å². The molecule has 124 heavy (non-hydrogen) atoms. The van der Waals surface area contributed by atoms with Crippen molar-refractivity contribution < 1.29 is 39.4 Å². The number of nitrogens with zero attached hydrogens (tertiary/aromatic N) is 21. The number of allylic oxidation sites excluding steroid dienone is 3. The summed E-state index contributed by atoms with van der Waals surface area (Å²) in [5, 5.41) is 26.7. The highest BCUT2D eigenvalue weighted by molar-refractivity contribution is 5.89. The molecule has 0 amide bonds. The first-order valence-electron chi connectivity index (χ1n) is 41.4. The lowest BCUT2D eigenvalue weighted by Gasteiger charge is -2.28. The van der Waals surface area contributed by atoms with Crippen LogP contribution in [-0.2, 0) is 84.3 Å². The Morgan fingerprint density at radius 2 is 0.798 bits per heavy atom. The van der Waals surface area contributed by atoms with Gasteiger partial charge in [-0.05, 0) is 118 Å². The van der Waals surface area contributed by atoms with Crippen molar-refractivity contribution in [2.24, 2.45) is 0 Å². The van der Waals surface area contributed by atoms with Gasteiger partial charge in [0.15, 0.2) is 68.4 Å². The van der Waals surface area contributed by atoms with Crippen LogP contribution in [0.4, 0.5) is 23.4 Å². The zero-order valence-corrected chi connectivity index (χ0v) is 71.6. The Kier molecular flexibility index (Phi) is 30.5. The lowest BCUT2D eigenvalue weighted by Crippen LogP contribution is -2.37. The van der Waals surface area contributed by atoms with E-state index in [0.29, 0.717) is 118 Å². The number of hydrogen-bond donors (Lipinski definition) is 7. The van der Waals surface area contributed by atoms with Gasteiger partial charge in [-0.25, -0.2) is 59.8 Å². The van der Waals surface area contributed by atoms with E-state index in [-0.39, 0.29) is 11.7 Å². The first-order valence-corrected chi connectivity index (χ1v) is 41.4. The fourth-order valence-electron chi connectivity index (χ4n) is 14.8. The summed E-state index contributed by atoms with van der Waals surface area (Å²) in [6, 6.07) is 36.5. The van der Waals surface area contributed by atoms with Gasteiger partial charge in [-0.1, -0.05) is 129 Å². The van der Waals surface area contributed by atoms with E-state index in [9.17, 15) is 4.79 Å². The van der Waals surface area contributed by atoms with Crippen LogP contribution in [0.3, 0.4) is 0 Å². The van der Waals surface area contributed by atoms with E-state index in [2.05, 4.69) is 156 Å². The number of fused-ring (bicyclic) bond motifs is 3. The summed E-state index contributed by atoms with van der Waals surface area (Å²) in [4.78, 5) is 83.0. The normalized spacial score (nSPS) is 13.8. The molecule has 3 aliphatic rings. The van der Waals surface area contributed by atoms with Gasteiger partial charge >= 0.3 is 0 Å². The Bertz CT molecular complexity index is 5740. The molecular weight excluding hydrogens is 1570 g/mol. The molecule has 0 radical (unpaired) electrons. The second-order valence-corrected chi connectivity index (χ2v) is 30.4. The van der Waals surface area contributed by atoms with Gasteiger partial charge in [-0.3, -0.25) is 51.6 Å². The van der Waals surface area contributed by atoms with Crippen LogP contribution in [0.5, 0.6) is 5.88 Å². The van der Waals surface area contributed by atoms with Crippen LogP contribution in [-0.4, -0.2) is 217 Å². The molecule has 3 saturated heterocycles. The highest BCUT2D eigenvalue weighted by atomic mass is 16.5. The molecule has 8 N–H and O–H groups in total. The minimum atomic E-state index is 0.120. The van der Waals surface area contributed by atoms with Gasteiger partial charge < -0.3 is 53.1 Å². The molecule has 0 unspecified atom stereocenters. The number of anilines is 4. The minimum absolute atomic E-state index is 0.120. The van der Waals surface area contributed by atoms with Crippen LogP contribution < -0.4 is 41.6 Å². The molecule has 0 bridgehead atoms. The van der Waals surface area contributed by atoms with E-state index < -0.39 is 0 Å². The molecule has 0 aliphatic carbocycles. The summed E-state index contributed by atoms with van der Waals surface area (Å²) >= 11 is 0. The molecule has 3 fully saturated rings. The molecule has 8 aromatic heterocycles. The maximum atomic E-state index is 11.8. The van der Waals surface area contributed by atoms with Crippen molar-refractivity contribution in [1.29, 1.82) is 0 Å². The zero-order chi connectivity index (χ0) is 87.2. The molecule has 11 heterocycles. The van der Waals surface area contributed by atoms with E-state index in [4.69, 9.17) is 85.2 Å². The maximum Gasteiger partial charge on any atom is 0.219 e. The van der Waals surface area contributed by atoms with Crippen molar-refractivity contribution in [3.8, 4) is 40.0 Å². The average molecular weight is 1680 g/mol. The summed E-state index contributed by atoms with van der Waals surface area (Å²) in [5.41, 5.74) is 27.8. The Hall–Kier alpha value is -13.1. The smallest absolute Gasteiger partial charge is 0.219 e. The molecule has 12 aromatic rings. The quantitative estimate of drug-likeness (QED) is 0.0148. The molecule has 15 rings (SSSR count). The summed E-state index contributed by atoms with van der Waals surface area (Å²) < 4.78 is 28.6. The average Bonchev–Trinajstić information content (AvgIpc) is 1.60. The van der Waals surface area contributed by atoms with Gasteiger partial charge in [0.25, 0.3) is 0 Å². The number of benzene rings is 4. The van der Waals surface area contributed by atoms with Crippen LogP contribution in [0.25, 0.3) is 85.9 Å². The summed E-state index contributed by atoms with van der Waals surface area (Å²) in [6.45, 7) is 33.6. The third-order valence-electron chi connectivity index (χ3n) is 21.0. The van der Waals surface area contributed by atoms with Gasteiger partial charge in [-0.2, -0.15) is 0 Å². The molecule has 3 aliphatic heterocycles. The number of carbonyl (C=O) groups is 1. The fraction of sp³-hybridized carbons (Fsp3) is 0.330. The fourth-order valence-corrected chi connectivity index (χ4v) is 14.8. The van der Waals surface area contributed by atoms with Crippen molar-refractivity contribution in [1.82, 2.24) is 105 Å². The van der Waals surface area contributed by atoms with Crippen molar-refractivity contribution >= 4 is 80.9 Å². The third-order valence-corrected chi connectivity index (χ3v) is 21.0. The van der Waals surface area contributed by atoms with Crippen LogP contribution in [0.15, 0.2) is 183 Å². The summed E-state index contributed by atoms with van der Waals surface area (Å²) in [7, 11) is 7.86. The lowest BCUT2D eigenvalue weighted by atomic mass is 10.1. The number of nitrogen functional groups attached to an aromatic ring is 1. The number of rotatable bonds is 33. The number of hydroxylamine groups is 3. The zero-order valence-electron chi connectivity index (χ0n) is 71.6.